The second-order valence-electron chi connectivity index (χ2n) is 15.8. The Morgan fingerprint density at radius 2 is 0.957 bits per heavy atom. The minimum atomic E-state index is -2.18. The van der Waals surface area contributed by atoms with Gasteiger partial charge in [0.15, 0.2) is 16.6 Å². The van der Waals surface area contributed by atoms with Gasteiger partial charge in [-0.2, -0.15) is 0 Å². The normalized spacial score (nSPS) is 14.9. The Bertz CT molecular complexity index is 1270. The van der Waals surface area contributed by atoms with E-state index in [9.17, 15) is 0 Å². The molecule has 3 aromatic carbocycles. The summed E-state index contributed by atoms with van der Waals surface area (Å²) in [5.74, 6) is -0.0738. The summed E-state index contributed by atoms with van der Waals surface area (Å²) in [5.41, 5.74) is 3.42. The fourth-order valence-corrected chi connectivity index (χ4v) is 7.31. The van der Waals surface area contributed by atoms with E-state index in [0.717, 1.165) is 23.1 Å². The van der Waals surface area contributed by atoms with Gasteiger partial charge in [0.25, 0.3) is 0 Å². The van der Waals surface area contributed by atoms with Crippen LogP contribution in [0.15, 0.2) is 91.0 Å². The van der Waals surface area contributed by atoms with E-state index in [1.807, 2.05) is 30.3 Å². The highest BCUT2D eigenvalue weighted by atomic mass is 28.4. The summed E-state index contributed by atoms with van der Waals surface area (Å²) >= 11 is 0. The molecule has 7 heteroatoms. The largest absolute Gasteiger partial charge is 0.417 e. The Morgan fingerprint density at radius 1 is 0.532 bits per heavy atom. The van der Waals surface area contributed by atoms with E-state index < -0.39 is 16.6 Å². The molecule has 0 spiro atoms. The predicted molar refractivity (Wildman–Crippen MR) is 201 cm³/mol. The van der Waals surface area contributed by atoms with Crippen LogP contribution >= 0.6 is 0 Å². The molecule has 0 heterocycles. The molecule has 0 radical (unpaired) electrons. The van der Waals surface area contributed by atoms with Gasteiger partial charge >= 0.3 is 0 Å². The third-order valence-electron chi connectivity index (χ3n) is 10.0. The van der Waals surface area contributed by atoms with Crippen LogP contribution in [0, 0.1) is 5.92 Å². The Morgan fingerprint density at radius 3 is 1.40 bits per heavy atom. The van der Waals surface area contributed by atoms with Gasteiger partial charge in [-0.1, -0.05) is 133 Å². The smallest absolute Gasteiger partial charge is 0.192 e. The van der Waals surface area contributed by atoms with E-state index in [0.29, 0.717) is 39.6 Å². The highest BCUT2D eigenvalue weighted by Gasteiger charge is 2.43. The zero-order chi connectivity index (χ0) is 34.6. The molecule has 0 aliphatic rings. The molecule has 47 heavy (non-hydrogen) atoms. The van der Waals surface area contributed by atoms with Gasteiger partial charge in [-0.25, -0.2) is 0 Å². The molecule has 0 saturated carbocycles. The van der Waals surface area contributed by atoms with E-state index in [1.165, 1.54) is 0 Å². The van der Waals surface area contributed by atoms with Gasteiger partial charge < -0.3 is 23.1 Å². The van der Waals surface area contributed by atoms with Crippen molar-refractivity contribution in [3.63, 3.8) is 0 Å². The van der Waals surface area contributed by atoms with Crippen molar-refractivity contribution in [3.05, 3.63) is 108 Å². The number of hydrogen-bond acceptors (Lipinski definition) is 5. The third-order valence-corrected chi connectivity index (χ3v) is 19.0. The van der Waals surface area contributed by atoms with Crippen LogP contribution in [0.25, 0.3) is 0 Å². The lowest BCUT2D eigenvalue weighted by molar-refractivity contribution is -0.109. The first-order valence-corrected chi connectivity index (χ1v) is 23.1. The van der Waals surface area contributed by atoms with Crippen molar-refractivity contribution >= 4 is 16.6 Å². The minimum absolute atomic E-state index is 0.0468. The Labute approximate surface area is 288 Å². The van der Waals surface area contributed by atoms with Crippen LogP contribution in [-0.4, -0.2) is 48.7 Å². The van der Waals surface area contributed by atoms with E-state index in [2.05, 4.69) is 128 Å². The summed E-state index contributed by atoms with van der Waals surface area (Å²) in [4.78, 5) is 0. The highest BCUT2D eigenvalue weighted by molar-refractivity contribution is 6.74. The van der Waals surface area contributed by atoms with E-state index in [4.69, 9.17) is 23.1 Å². The van der Waals surface area contributed by atoms with Crippen molar-refractivity contribution in [2.24, 2.45) is 5.92 Å². The van der Waals surface area contributed by atoms with Crippen molar-refractivity contribution < 1.29 is 23.1 Å². The van der Waals surface area contributed by atoms with Gasteiger partial charge in [0.2, 0.25) is 0 Å². The molecule has 0 saturated heterocycles. The SMILES string of the molecule is CC(C)(C)[Si](C)(C)OCC[C@H](O[Si](C)(C)C(C)(C)C)[C@H](COCc1ccccc1)[C@H](COCc1ccccc1)OCc1ccccc1. The van der Waals surface area contributed by atoms with Gasteiger partial charge in [0.1, 0.15) is 0 Å². The van der Waals surface area contributed by atoms with Crippen LogP contribution in [-0.2, 0) is 42.9 Å². The summed E-state index contributed by atoms with van der Waals surface area (Å²) in [6.07, 6.45) is 0.386. The molecule has 0 aliphatic carbocycles. The van der Waals surface area contributed by atoms with Crippen LogP contribution in [0.4, 0.5) is 0 Å². The zero-order valence-corrected chi connectivity index (χ0v) is 32.9. The Kier molecular flexibility index (Phi) is 15.1. The van der Waals surface area contributed by atoms with E-state index in [1.54, 1.807) is 0 Å². The van der Waals surface area contributed by atoms with Gasteiger partial charge in [0, 0.05) is 12.5 Å². The summed E-state index contributed by atoms with van der Waals surface area (Å²) < 4.78 is 33.8. The van der Waals surface area contributed by atoms with Gasteiger partial charge in [-0.05, 0) is 59.4 Å². The van der Waals surface area contributed by atoms with Gasteiger partial charge in [0.05, 0.1) is 45.2 Å². The molecule has 3 rings (SSSR count). The number of rotatable bonds is 19. The molecule has 3 atom stereocenters. The highest BCUT2D eigenvalue weighted by Crippen LogP contribution is 2.40. The summed E-state index contributed by atoms with van der Waals surface area (Å²) in [6.45, 7) is 26.2. The average molecular weight is 679 g/mol. The molecular formula is C40H62O5Si2. The first-order valence-electron chi connectivity index (χ1n) is 17.3. The summed E-state index contributed by atoms with van der Waals surface area (Å²) in [5, 5.41) is 0.179. The second kappa shape index (κ2) is 18.0. The average Bonchev–Trinajstić information content (AvgIpc) is 3.01. The first-order chi connectivity index (χ1) is 22.1. The van der Waals surface area contributed by atoms with Crippen molar-refractivity contribution in [2.45, 2.75) is 116 Å². The Hall–Kier alpha value is -2.11. The number of hydrogen-bond donors (Lipinski definition) is 0. The fourth-order valence-electron chi connectivity index (χ4n) is 4.84. The van der Waals surface area contributed by atoms with E-state index >= 15 is 0 Å². The molecule has 0 bridgehead atoms. The Balaban J connectivity index is 1.95. The molecule has 0 unspecified atom stereocenters. The quantitative estimate of drug-likeness (QED) is 0.118. The molecule has 0 amide bonds. The molecule has 5 nitrogen and oxygen atoms in total. The maximum atomic E-state index is 7.32. The van der Waals surface area contributed by atoms with Crippen molar-refractivity contribution in [1.82, 2.24) is 0 Å². The molecule has 260 valence electrons. The molecular weight excluding hydrogens is 617 g/mol. The second-order valence-corrected chi connectivity index (χ2v) is 25.4. The van der Waals surface area contributed by atoms with Crippen molar-refractivity contribution in [1.29, 1.82) is 0 Å². The van der Waals surface area contributed by atoms with Gasteiger partial charge in [-0.15, -0.1) is 0 Å². The number of ether oxygens (including phenoxy) is 3. The van der Waals surface area contributed by atoms with Crippen molar-refractivity contribution in [3.8, 4) is 0 Å². The third kappa shape index (κ3) is 13.0. The first kappa shape index (κ1) is 39.3. The standard InChI is InChI=1S/C40H62O5Si2/c1-39(2,3)46(7,8)44-27-26-37(45-47(9,10)40(4,5)6)36(31-41-28-33-20-14-11-15-21-33)38(43-30-35-24-18-13-19-25-35)32-42-29-34-22-16-12-17-23-34/h11-25,36-38H,26-32H2,1-10H3/t36-,37-,38-/m0/s1. The van der Waals surface area contributed by atoms with Crippen LogP contribution in [0.1, 0.15) is 64.7 Å². The van der Waals surface area contributed by atoms with Gasteiger partial charge in [-0.3, -0.25) is 0 Å². The summed E-state index contributed by atoms with van der Waals surface area (Å²) in [6, 6.07) is 31.1. The van der Waals surface area contributed by atoms with Crippen LogP contribution in [0.2, 0.25) is 36.3 Å². The topological polar surface area (TPSA) is 46.2 Å². The lowest BCUT2D eigenvalue weighted by Crippen LogP contribution is -2.50. The molecule has 0 fully saturated rings. The van der Waals surface area contributed by atoms with Crippen LogP contribution < -0.4 is 0 Å². The monoisotopic (exact) mass is 678 g/mol. The molecule has 3 aromatic rings. The lowest BCUT2D eigenvalue weighted by Gasteiger charge is -2.43. The molecule has 0 aromatic heterocycles. The lowest BCUT2D eigenvalue weighted by atomic mass is 9.94. The predicted octanol–water partition coefficient (Wildman–Crippen LogP) is 10.4. The number of benzene rings is 3. The van der Waals surface area contributed by atoms with Crippen molar-refractivity contribution in [2.75, 3.05) is 19.8 Å². The summed E-state index contributed by atoms with van der Waals surface area (Å²) in [7, 11) is -4.13. The zero-order valence-electron chi connectivity index (χ0n) is 30.9. The fraction of sp³-hybridized carbons (Fsp3) is 0.550. The minimum Gasteiger partial charge on any atom is -0.417 e. The molecule has 0 aliphatic heterocycles. The van der Waals surface area contributed by atoms with E-state index in [-0.39, 0.29) is 28.2 Å². The van der Waals surface area contributed by atoms with Crippen LogP contribution in [0.3, 0.4) is 0 Å². The molecule has 0 N–H and O–H groups in total. The van der Waals surface area contributed by atoms with Crippen LogP contribution in [0.5, 0.6) is 0 Å². The maximum Gasteiger partial charge on any atom is 0.192 e. The maximum absolute atomic E-state index is 7.32.